The summed E-state index contributed by atoms with van der Waals surface area (Å²) in [6.07, 6.45) is 1.34. The van der Waals surface area contributed by atoms with E-state index in [0.717, 1.165) is 6.42 Å². The number of hydrogen-bond acceptors (Lipinski definition) is 3. The molecule has 4 nitrogen and oxygen atoms in total. The van der Waals surface area contributed by atoms with Crippen LogP contribution in [0.15, 0.2) is 24.3 Å². The van der Waals surface area contributed by atoms with Gasteiger partial charge < -0.3 is 0 Å². The van der Waals surface area contributed by atoms with Crippen LogP contribution in [0.4, 0.5) is 0 Å². The van der Waals surface area contributed by atoms with Crippen LogP contribution in [0.3, 0.4) is 0 Å². The molecule has 0 fully saturated rings. The van der Waals surface area contributed by atoms with Crippen LogP contribution >= 0.6 is 0 Å². The molecule has 0 spiro atoms. The quantitative estimate of drug-likeness (QED) is 0.607. The third-order valence-corrected chi connectivity index (χ3v) is 2.71. The summed E-state index contributed by atoms with van der Waals surface area (Å²) in [4.78, 5) is 27.5. The molecule has 0 heterocycles. The number of Topliss-reactive ketones (excluding diaryl/α,β-unsaturated/α-hetero) is 1. The molecule has 4 heteroatoms. The highest BCUT2D eigenvalue weighted by atomic mass is 16.6. The lowest BCUT2D eigenvalue weighted by Crippen LogP contribution is -2.22. The van der Waals surface area contributed by atoms with Crippen LogP contribution in [-0.2, 0) is 16.1 Å². The lowest BCUT2D eigenvalue weighted by molar-refractivity contribution is -0.131. The summed E-state index contributed by atoms with van der Waals surface area (Å²) in [7, 11) is 1.37. The third kappa shape index (κ3) is 5.66. The average Bonchev–Trinajstić information content (AvgIpc) is 2.36. The van der Waals surface area contributed by atoms with Gasteiger partial charge in [-0.3, -0.25) is 14.4 Å². The van der Waals surface area contributed by atoms with Gasteiger partial charge in [-0.1, -0.05) is 38.1 Å². The maximum Gasteiger partial charge on any atom is 0.243 e. The number of ketones is 1. The molecule has 1 amide bonds. The molecule has 0 unspecified atom stereocenters. The zero-order chi connectivity index (χ0) is 14.3. The lowest BCUT2D eigenvalue weighted by atomic mass is 9.99. The van der Waals surface area contributed by atoms with E-state index in [1.165, 1.54) is 12.7 Å². The van der Waals surface area contributed by atoms with Gasteiger partial charge in [-0.2, -0.15) is 0 Å². The molecule has 0 bridgehead atoms. The molecule has 1 aromatic rings. The molecule has 0 saturated carbocycles. The SMILES string of the molecule is CONC(=O)CCC(=O)c1ccc(CC(C)C)cc1. The molecule has 1 N–H and O–H groups in total. The van der Waals surface area contributed by atoms with E-state index in [-0.39, 0.29) is 24.5 Å². The minimum Gasteiger partial charge on any atom is -0.294 e. The zero-order valence-electron chi connectivity index (χ0n) is 11.7. The maximum absolute atomic E-state index is 11.9. The van der Waals surface area contributed by atoms with Crippen molar-refractivity contribution in [3.05, 3.63) is 35.4 Å². The molecule has 1 aromatic carbocycles. The van der Waals surface area contributed by atoms with E-state index < -0.39 is 0 Å². The minimum absolute atomic E-state index is 0.0256. The van der Waals surface area contributed by atoms with E-state index in [0.29, 0.717) is 11.5 Å². The zero-order valence-corrected chi connectivity index (χ0v) is 11.7. The van der Waals surface area contributed by atoms with Gasteiger partial charge in [-0.25, -0.2) is 5.48 Å². The highest BCUT2D eigenvalue weighted by Gasteiger charge is 2.09. The van der Waals surface area contributed by atoms with Crippen molar-refractivity contribution < 1.29 is 14.4 Å². The fourth-order valence-corrected chi connectivity index (χ4v) is 1.83. The third-order valence-electron chi connectivity index (χ3n) is 2.71. The van der Waals surface area contributed by atoms with Gasteiger partial charge in [0.1, 0.15) is 0 Å². The second-order valence-corrected chi connectivity index (χ2v) is 4.95. The van der Waals surface area contributed by atoms with E-state index in [1.54, 1.807) is 0 Å². The Kier molecular flexibility index (Phi) is 6.22. The van der Waals surface area contributed by atoms with Crippen molar-refractivity contribution in [2.75, 3.05) is 7.11 Å². The monoisotopic (exact) mass is 263 g/mol. The second-order valence-electron chi connectivity index (χ2n) is 4.95. The minimum atomic E-state index is -0.285. The highest BCUT2D eigenvalue weighted by Crippen LogP contribution is 2.11. The smallest absolute Gasteiger partial charge is 0.243 e. The van der Waals surface area contributed by atoms with Crippen LogP contribution in [0.25, 0.3) is 0 Å². The summed E-state index contributed by atoms with van der Waals surface area (Å²) in [5.41, 5.74) is 4.07. The van der Waals surface area contributed by atoms with Crippen molar-refractivity contribution in [3.63, 3.8) is 0 Å². The summed E-state index contributed by atoms with van der Waals surface area (Å²) < 4.78 is 0. The van der Waals surface area contributed by atoms with E-state index in [4.69, 9.17) is 0 Å². The van der Waals surface area contributed by atoms with E-state index in [2.05, 4.69) is 24.2 Å². The van der Waals surface area contributed by atoms with Crippen LogP contribution in [-0.4, -0.2) is 18.8 Å². The molecule has 0 atom stereocenters. The van der Waals surface area contributed by atoms with Gasteiger partial charge in [0.25, 0.3) is 0 Å². The molecule has 0 saturated heterocycles. The first kappa shape index (κ1) is 15.4. The Morgan fingerprint density at radius 2 is 1.79 bits per heavy atom. The number of rotatable bonds is 7. The van der Waals surface area contributed by atoms with Gasteiger partial charge in [0.2, 0.25) is 5.91 Å². The van der Waals surface area contributed by atoms with E-state index in [9.17, 15) is 9.59 Å². The van der Waals surface area contributed by atoms with E-state index >= 15 is 0 Å². The molecule has 0 aliphatic heterocycles. The summed E-state index contributed by atoms with van der Waals surface area (Å²) in [6.45, 7) is 4.32. The molecule has 0 radical (unpaired) electrons. The Morgan fingerprint density at radius 3 is 2.32 bits per heavy atom. The van der Waals surface area contributed by atoms with Crippen LogP contribution in [0, 0.1) is 5.92 Å². The van der Waals surface area contributed by atoms with Gasteiger partial charge in [-0.05, 0) is 17.9 Å². The average molecular weight is 263 g/mol. The molecule has 1 rings (SSSR count). The molecule has 0 aromatic heterocycles. The number of hydrogen-bond donors (Lipinski definition) is 1. The maximum atomic E-state index is 11.9. The second kappa shape index (κ2) is 7.69. The highest BCUT2D eigenvalue weighted by molar-refractivity contribution is 5.97. The number of hydroxylamine groups is 1. The standard InChI is InChI=1S/C15H21NO3/c1-11(2)10-12-4-6-13(7-5-12)14(17)8-9-15(18)16-19-3/h4-7,11H,8-10H2,1-3H3,(H,16,18). The summed E-state index contributed by atoms with van der Waals surface area (Å²) in [6, 6.07) is 7.60. The lowest BCUT2D eigenvalue weighted by Gasteiger charge is -2.06. The van der Waals surface area contributed by atoms with Crippen molar-refractivity contribution in [1.29, 1.82) is 0 Å². The number of carbonyl (C=O) groups is 2. The molecule has 19 heavy (non-hydrogen) atoms. The van der Waals surface area contributed by atoms with Gasteiger partial charge in [0, 0.05) is 18.4 Å². The number of carbonyl (C=O) groups excluding carboxylic acids is 2. The molecular weight excluding hydrogens is 242 g/mol. The molecule has 104 valence electrons. The van der Waals surface area contributed by atoms with Crippen molar-refractivity contribution in [2.45, 2.75) is 33.1 Å². The summed E-state index contributed by atoms with van der Waals surface area (Å²) >= 11 is 0. The van der Waals surface area contributed by atoms with Crippen LogP contribution < -0.4 is 5.48 Å². The number of benzene rings is 1. The Labute approximate surface area is 114 Å². The fourth-order valence-electron chi connectivity index (χ4n) is 1.83. The predicted octanol–water partition coefficient (Wildman–Crippen LogP) is 2.53. The van der Waals surface area contributed by atoms with Gasteiger partial charge in [0.05, 0.1) is 7.11 Å². The molecule has 0 aliphatic carbocycles. The van der Waals surface area contributed by atoms with Crippen molar-refractivity contribution in [1.82, 2.24) is 5.48 Å². The number of nitrogens with one attached hydrogen (secondary N) is 1. The Hall–Kier alpha value is -1.68. The number of amides is 1. The van der Waals surface area contributed by atoms with Crippen LogP contribution in [0.5, 0.6) is 0 Å². The molecule has 0 aliphatic rings. The summed E-state index contributed by atoms with van der Waals surface area (Å²) in [5.74, 6) is 0.286. The van der Waals surface area contributed by atoms with Gasteiger partial charge in [0.15, 0.2) is 5.78 Å². The Morgan fingerprint density at radius 1 is 1.16 bits per heavy atom. The normalized spacial score (nSPS) is 10.5. The topological polar surface area (TPSA) is 55.4 Å². The summed E-state index contributed by atoms with van der Waals surface area (Å²) in [5, 5.41) is 0. The Balaban J connectivity index is 2.51. The first-order valence-corrected chi connectivity index (χ1v) is 6.47. The van der Waals surface area contributed by atoms with Crippen molar-refractivity contribution >= 4 is 11.7 Å². The van der Waals surface area contributed by atoms with Gasteiger partial charge >= 0.3 is 0 Å². The van der Waals surface area contributed by atoms with Gasteiger partial charge in [-0.15, -0.1) is 0 Å². The molecular formula is C15H21NO3. The largest absolute Gasteiger partial charge is 0.294 e. The van der Waals surface area contributed by atoms with Crippen LogP contribution in [0.2, 0.25) is 0 Å². The van der Waals surface area contributed by atoms with Crippen molar-refractivity contribution in [3.8, 4) is 0 Å². The Bertz CT molecular complexity index is 424. The first-order chi connectivity index (χ1) is 9.02. The predicted molar refractivity (Wildman–Crippen MR) is 73.7 cm³/mol. The first-order valence-electron chi connectivity index (χ1n) is 6.47. The fraction of sp³-hybridized carbons (Fsp3) is 0.467. The van der Waals surface area contributed by atoms with Crippen molar-refractivity contribution in [2.24, 2.45) is 5.92 Å². The van der Waals surface area contributed by atoms with Crippen LogP contribution in [0.1, 0.15) is 42.6 Å². The van der Waals surface area contributed by atoms with E-state index in [1.807, 2.05) is 24.3 Å².